The summed E-state index contributed by atoms with van der Waals surface area (Å²) in [6.45, 7) is 0. The van der Waals surface area contributed by atoms with Gasteiger partial charge in [0, 0.05) is 33.4 Å². The first-order valence-electron chi connectivity index (χ1n) is 8.42. The monoisotopic (exact) mass is 429 g/mol. The van der Waals surface area contributed by atoms with Gasteiger partial charge < -0.3 is 10.4 Å². The summed E-state index contributed by atoms with van der Waals surface area (Å²) in [7, 11) is 0. The second-order valence-electron chi connectivity index (χ2n) is 6.22. The zero-order valence-corrected chi connectivity index (χ0v) is 16.7. The maximum atomic E-state index is 10.9. The summed E-state index contributed by atoms with van der Waals surface area (Å²) >= 11 is 18.4. The van der Waals surface area contributed by atoms with Gasteiger partial charge in [0.1, 0.15) is 17.1 Å². The minimum atomic E-state index is -0.462. The molecule has 0 aliphatic rings. The number of benzene rings is 2. The van der Waals surface area contributed by atoms with Gasteiger partial charge in [0.25, 0.3) is 0 Å². The molecule has 7 heteroatoms. The smallest absolute Gasteiger partial charge is 0.147 e. The predicted molar refractivity (Wildman–Crippen MR) is 115 cm³/mol. The Kier molecular flexibility index (Phi) is 5.27. The van der Waals surface area contributed by atoms with Crippen molar-refractivity contribution < 1.29 is 5.11 Å². The zero-order valence-electron chi connectivity index (χ0n) is 14.4. The van der Waals surface area contributed by atoms with Crippen LogP contribution in [-0.4, -0.2) is 15.1 Å². The number of aromatic nitrogens is 2. The number of phenolic OH excluding ortho intramolecular Hbond substituents is 1. The summed E-state index contributed by atoms with van der Waals surface area (Å²) in [5, 5.41) is 16.6. The summed E-state index contributed by atoms with van der Waals surface area (Å²) in [6, 6.07) is 15.8. The lowest BCUT2D eigenvalue weighted by molar-refractivity contribution is 0.471. The molecule has 0 fully saturated rings. The number of hydrogen-bond donors (Lipinski definition) is 2. The van der Waals surface area contributed by atoms with Crippen LogP contribution in [0.15, 0.2) is 67.0 Å². The van der Waals surface area contributed by atoms with Crippen molar-refractivity contribution in [2.75, 3.05) is 5.32 Å². The third kappa shape index (κ3) is 3.85. The lowest BCUT2D eigenvalue weighted by Gasteiger charge is -2.22. The van der Waals surface area contributed by atoms with E-state index in [0.717, 1.165) is 10.9 Å². The van der Waals surface area contributed by atoms with Crippen molar-refractivity contribution in [2.45, 2.75) is 6.04 Å². The molecular weight excluding hydrogens is 417 g/mol. The largest absolute Gasteiger partial charge is 0.505 e. The van der Waals surface area contributed by atoms with Crippen molar-refractivity contribution in [2.24, 2.45) is 0 Å². The highest BCUT2D eigenvalue weighted by Gasteiger charge is 2.21. The fraction of sp³-hybridized carbons (Fsp3) is 0.0476. The molecule has 1 unspecified atom stereocenters. The molecule has 0 aliphatic carbocycles. The number of phenols is 1. The average Bonchev–Trinajstić information content (AvgIpc) is 2.68. The molecule has 1 atom stereocenters. The Morgan fingerprint density at radius 1 is 0.857 bits per heavy atom. The molecule has 4 rings (SSSR count). The van der Waals surface area contributed by atoms with E-state index < -0.39 is 6.04 Å². The van der Waals surface area contributed by atoms with Gasteiger partial charge in [-0.1, -0.05) is 53.0 Å². The van der Waals surface area contributed by atoms with Crippen molar-refractivity contribution in [1.29, 1.82) is 0 Å². The van der Waals surface area contributed by atoms with E-state index in [1.807, 2.05) is 24.3 Å². The van der Waals surface area contributed by atoms with Crippen LogP contribution in [0.2, 0.25) is 15.1 Å². The maximum absolute atomic E-state index is 10.9. The molecule has 4 aromatic rings. The fourth-order valence-electron chi connectivity index (χ4n) is 3.07. The molecule has 28 heavy (non-hydrogen) atoms. The maximum Gasteiger partial charge on any atom is 0.147 e. The molecule has 2 heterocycles. The van der Waals surface area contributed by atoms with Crippen LogP contribution in [0.5, 0.6) is 5.75 Å². The van der Waals surface area contributed by atoms with E-state index in [4.69, 9.17) is 34.8 Å². The van der Waals surface area contributed by atoms with Gasteiger partial charge in [-0.05, 0) is 42.0 Å². The van der Waals surface area contributed by atoms with Gasteiger partial charge in [0.15, 0.2) is 0 Å². The van der Waals surface area contributed by atoms with Crippen LogP contribution in [0.1, 0.15) is 17.2 Å². The lowest BCUT2D eigenvalue weighted by atomic mass is 9.96. The minimum Gasteiger partial charge on any atom is -0.505 e. The van der Waals surface area contributed by atoms with Gasteiger partial charge in [-0.25, -0.2) is 4.98 Å². The Hall–Kier alpha value is -2.53. The fourth-order valence-corrected chi connectivity index (χ4v) is 3.72. The predicted octanol–water partition coefficient (Wildman–Crippen LogP) is 6.50. The quantitative estimate of drug-likeness (QED) is 0.388. The van der Waals surface area contributed by atoms with Crippen LogP contribution >= 0.6 is 34.8 Å². The molecule has 0 saturated carbocycles. The van der Waals surface area contributed by atoms with Crippen molar-refractivity contribution in [3.05, 3.63) is 93.2 Å². The molecule has 0 saturated heterocycles. The second kappa shape index (κ2) is 7.84. The van der Waals surface area contributed by atoms with Crippen LogP contribution < -0.4 is 5.32 Å². The lowest BCUT2D eigenvalue weighted by Crippen LogP contribution is -2.14. The number of nitrogens with zero attached hydrogens (tertiary/aromatic N) is 2. The molecule has 4 nitrogen and oxygen atoms in total. The standard InChI is InChI=1S/C21H14Cl3N3O/c22-14-4-6-18(26-11-14)27-19(13-8-15(23)10-16(24)9-13)17-5-3-12-2-1-7-25-20(12)21(17)28/h1-11,19,28H,(H,26,27). The molecule has 2 N–H and O–H groups in total. The third-order valence-electron chi connectivity index (χ3n) is 4.33. The third-order valence-corrected chi connectivity index (χ3v) is 4.99. The highest BCUT2D eigenvalue weighted by molar-refractivity contribution is 6.34. The molecule has 0 spiro atoms. The highest BCUT2D eigenvalue weighted by atomic mass is 35.5. The topological polar surface area (TPSA) is 58.0 Å². The highest BCUT2D eigenvalue weighted by Crippen LogP contribution is 2.37. The zero-order chi connectivity index (χ0) is 19.7. The number of aromatic hydroxyl groups is 1. The van der Waals surface area contributed by atoms with E-state index in [1.54, 1.807) is 42.7 Å². The Balaban J connectivity index is 1.87. The number of rotatable bonds is 4. The van der Waals surface area contributed by atoms with Crippen molar-refractivity contribution in [3.63, 3.8) is 0 Å². The summed E-state index contributed by atoms with van der Waals surface area (Å²) in [6.07, 6.45) is 3.19. The normalized spacial score (nSPS) is 12.1. The summed E-state index contributed by atoms with van der Waals surface area (Å²) in [4.78, 5) is 8.61. The van der Waals surface area contributed by atoms with E-state index >= 15 is 0 Å². The molecule has 0 aliphatic heterocycles. The van der Waals surface area contributed by atoms with Crippen LogP contribution in [0.3, 0.4) is 0 Å². The molecular formula is C21H14Cl3N3O. The van der Waals surface area contributed by atoms with Gasteiger partial charge in [0.05, 0.1) is 11.1 Å². The summed E-state index contributed by atoms with van der Waals surface area (Å²) in [5.74, 6) is 0.673. The Morgan fingerprint density at radius 2 is 1.64 bits per heavy atom. The molecule has 0 bridgehead atoms. The molecule has 2 aromatic heterocycles. The van der Waals surface area contributed by atoms with Crippen LogP contribution in [-0.2, 0) is 0 Å². The summed E-state index contributed by atoms with van der Waals surface area (Å²) < 4.78 is 0. The van der Waals surface area contributed by atoms with Gasteiger partial charge in [-0.3, -0.25) is 4.98 Å². The van der Waals surface area contributed by atoms with Gasteiger partial charge in [0.2, 0.25) is 0 Å². The van der Waals surface area contributed by atoms with Crippen molar-refractivity contribution >= 4 is 51.5 Å². The van der Waals surface area contributed by atoms with Crippen LogP contribution in [0, 0.1) is 0 Å². The van der Waals surface area contributed by atoms with Crippen molar-refractivity contribution in [1.82, 2.24) is 9.97 Å². The Labute approximate surface area is 176 Å². The first-order chi connectivity index (χ1) is 13.5. The van der Waals surface area contributed by atoms with E-state index in [1.165, 1.54) is 0 Å². The number of anilines is 1. The number of pyridine rings is 2. The molecule has 2 aromatic carbocycles. The van der Waals surface area contributed by atoms with Gasteiger partial charge in [-0.2, -0.15) is 0 Å². The first kappa shape index (κ1) is 18.8. The van der Waals surface area contributed by atoms with E-state index in [9.17, 15) is 5.11 Å². The summed E-state index contributed by atoms with van der Waals surface area (Å²) in [5.41, 5.74) is 1.92. The SMILES string of the molecule is Oc1c(C(Nc2ccc(Cl)cn2)c2cc(Cl)cc(Cl)c2)ccc2cccnc12. The van der Waals surface area contributed by atoms with Gasteiger partial charge in [-0.15, -0.1) is 0 Å². The van der Waals surface area contributed by atoms with E-state index in [0.29, 0.717) is 32.0 Å². The number of halogens is 3. The first-order valence-corrected chi connectivity index (χ1v) is 9.55. The second-order valence-corrected chi connectivity index (χ2v) is 7.53. The number of hydrogen-bond acceptors (Lipinski definition) is 4. The van der Waals surface area contributed by atoms with E-state index in [-0.39, 0.29) is 5.75 Å². The van der Waals surface area contributed by atoms with Gasteiger partial charge >= 0.3 is 0 Å². The minimum absolute atomic E-state index is 0.0839. The Morgan fingerprint density at radius 3 is 2.36 bits per heavy atom. The number of nitrogens with one attached hydrogen (secondary N) is 1. The van der Waals surface area contributed by atoms with Crippen LogP contribution in [0.4, 0.5) is 5.82 Å². The molecule has 0 amide bonds. The molecule has 0 radical (unpaired) electrons. The van der Waals surface area contributed by atoms with E-state index in [2.05, 4.69) is 15.3 Å². The van der Waals surface area contributed by atoms with Crippen LogP contribution in [0.25, 0.3) is 10.9 Å². The van der Waals surface area contributed by atoms with Crippen molar-refractivity contribution in [3.8, 4) is 5.75 Å². The average molecular weight is 431 g/mol. The Bertz CT molecular complexity index is 1130. The molecule has 140 valence electrons. The number of fused-ring (bicyclic) bond motifs is 1.